The molecular weight excluding hydrogens is 244 g/mol. The molecule has 1 aliphatic heterocycles. The van der Waals surface area contributed by atoms with E-state index < -0.39 is 5.97 Å². The zero-order chi connectivity index (χ0) is 13.7. The summed E-state index contributed by atoms with van der Waals surface area (Å²) in [7, 11) is 0. The molecule has 1 aliphatic rings. The van der Waals surface area contributed by atoms with Gasteiger partial charge in [-0.3, -0.25) is 9.69 Å². The van der Waals surface area contributed by atoms with E-state index in [2.05, 4.69) is 21.9 Å². The van der Waals surface area contributed by atoms with Crippen LogP contribution in [0.3, 0.4) is 0 Å². The largest absolute Gasteiger partial charge is 0.481 e. The van der Waals surface area contributed by atoms with Gasteiger partial charge in [-0.15, -0.1) is 0 Å². The highest BCUT2D eigenvalue weighted by Gasteiger charge is 2.22. The highest BCUT2D eigenvalue weighted by atomic mass is 16.4. The standard InChI is InChI=1S/C13H22N4O2/c1-2-5-17-12(14-10-15-17)9-16-6-3-11(4-7-16)8-13(18)19/h10-11H,2-9H2,1H3,(H,18,19). The van der Waals surface area contributed by atoms with Gasteiger partial charge in [0.1, 0.15) is 12.2 Å². The number of carbonyl (C=O) groups is 1. The summed E-state index contributed by atoms with van der Waals surface area (Å²) in [6.45, 7) is 5.77. The number of aliphatic carboxylic acids is 1. The number of rotatable bonds is 6. The van der Waals surface area contributed by atoms with Gasteiger partial charge in [0.15, 0.2) is 0 Å². The van der Waals surface area contributed by atoms with Gasteiger partial charge in [-0.1, -0.05) is 6.92 Å². The number of nitrogens with zero attached hydrogens (tertiary/aromatic N) is 4. The molecule has 2 heterocycles. The zero-order valence-corrected chi connectivity index (χ0v) is 11.5. The minimum atomic E-state index is -0.680. The number of hydrogen-bond acceptors (Lipinski definition) is 4. The van der Waals surface area contributed by atoms with Crippen molar-refractivity contribution >= 4 is 5.97 Å². The van der Waals surface area contributed by atoms with Crippen molar-refractivity contribution in [3.8, 4) is 0 Å². The predicted octanol–water partition coefficient (Wildman–Crippen LogP) is 1.37. The summed E-state index contributed by atoms with van der Waals surface area (Å²) in [5.74, 6) is 0.668. The molecule has 0 spiro atoms. The molecule has 6 nitrogen and oxygen atoms in total. The minimum absolute atomic E-state index is 0.305. The number of hydrogen-bond donors (Lipinski definition) is 1. The van der Waals surface area contributed by atoms with Crippen molar-refractivity contribution in [2.45, 2.75) is 45.7 Å². The number of carboxylic acid groups (broad SMARTS) is 1. The Hall–Kier alpha value is -1.43. The maximum atomic E-state index is 10.7. The van der Waals surface area contributed by atoms with Crippen molar-refractivity contribution in [2.24, 2.45) is 5.92 Å². The van der Waals surface area contributed by atoms with Crippen LogP contribution in [0.4, 0.5) is 0 Å². The molecule has 1 aromatic rings. The van der Waals surface area contributed by atoms with Gasteiger partial charge in [0, 0.05) is 13.0 Å². The van der Waals surface area contributed by atoms with Crippen LogP contribution in [0.2, 0.25) is 0 Å². The van der Waals surface area contributed by atoms with Gasteiger partial charge in [0.2, 0.25) is 0 Å². The van der Waals surface area contributed by atoms with Gasteiger partial charge in [-0.2, -0.15) is 5.10 Å². The second kappa shape index (κ2) is 6.65. The molecule has 1 N–H and O–H groups in total. The van der Waals surface area contributed by atoms with Crippen LogP contribution < -0.4 is 0 Å². The fourth-order valence-corrected chi connectivity index (χ4v) is 2.60. The maximum Gasteiger partial charge on any atom is 0.303 e. The van der Waals surface area contributed by atoms with Gasteiger partial charge in [-0.25, -0.2) is 9.67 Å². The van der Waals surface area contributed by atoms with Gasteiger partial charge < -0.3 is 5.11 Å². The van der Waals surface area contributed by atoms with Crippen molar-refractivity contribution in [1.82, 2.24) is 19.7 Å². The third kappa shape index (κ3) is 4.02. The average Bonchev–Trinajstić information content (AvgIpc) is 2.79. The number of piperidine rings is 1. The number of aryl methyl sites for hydroxylation is 1. The fraction of sp³-hybridized carbons (Fsp3) is 0.769. The van der Waals surface area contributed by atoms with E-state index >= 15 is 0 Å². The molecule has 0 aromatic carbocycles. The summed E-state index contributed by atoms with van der Waals surface area (Å²) >= 11 is 0. The lowest BCUT2D eigenvalue weighted by Crippen LogP contribution is -2.34. The Morgan fingerprint density at radius 1 is 1.47 bits per heavy atom. The van der Waals surface area contributed by atoms with Crippen molar-refractivity contribution in [3.05, 3.63) is 12.2 Å². The van der Waals surface area contributed by atoms with Gasteiger partial charge >= 0.3 is 5.97 Å². The molecule has 0 atom stereocenters. The minimum Gasteiger partial charge on any atom is -0.481 e. The van der Waals surface area contributed by atoms with E-state index in [0.717, 1.165) is 51.3 Å². The van der Waals surface area contributed by atoms with E-state index in [1.807, 2.05) is 4.68 Å². The topological polar surface area (TPSA) is 71.2 Å². The van der Waals surface area contributed by atoms with Crippen molar-refractivity contribution in [2.75, 3.05) is 13.1 Å². The van der Waals surface area contributed by atoms with E-state index in [-0.39, 0.29) is 0 Å². The molecule has 2 rings (SSSR count). The highest BCUT2D eigenvalue weighted by Crippen LogP contribution is 2.21. The van der Waals surface area contributed by atoms with Gasteiger partial charge in [0.25, 0.3) is 0 Å². The predicted molar refractivity (Wildman–Crippen MR) is 70.6 cm³/mol. The first-order chi connectivity index (χ1) is 9.19. The van der Waals surface area contributed by atoms with E-state index in [9.17, 15) is 4.79 Å². The lowest BCUT2D eigenvalue weighted by atomic mass is 9.94. The third-order valence-corrected chi connectivity index (χ3v) is 3.67. The first kappa shape index (κ1) is 14.0. The van der Waals surface area contributed by atoms with E-state index in [4.69, 9.17) is 5.11 Å². The second-order valence-corrected chi connectivity index (χ2v) is 5.22. The smallest absolute Gasteiger partial charge is 0.303 e. The van der Waals surface area contributed by atoms with Crippen LogP contribution in [-0.2, 0) is 17.9 Å². The summed E-state index contributed by atoms with van der Waals surface area (Å²) < 4.78 is 1.96. The number of likely N-dealkylation sites (tertiary alicyclic amines) is 1. The number of aromatic nitrogens is 3. The molecule has 0 aliphatic carbocycles. The maximum absolute atomic E-state index is 10.7. The molecule has 0 unspecified atom stereocenters. The normalized spacial score (nSPS) is 17.7. The van der Waals surface area contributed by atoms with Crippen LogP contribution in [0.15, 0.2) is 6.33 Å². The monoisotopic (exact) mass is 266 g/mol. The third-order valence-electron chi connectivity index (χ3n) is 3.67. The second-order valence-electron chi connectivity index (χ2n) is 5.22. The van der Waals surface area contributed by atoms with Crippen LogP contribution in [0.25, 0.3) is 0 Å². The molecule has 0 bridgehead atoms. The van der Waals surface area contributed by atoms with Crippen LogP contribution in [0, 0.1) is 5.92 Å². The molecule has 0 amide bonds. The Balaban J connectivity index is 1.82. The van der Waals surface area contributed by atoms with Crippen LogP contribution in [-0.4, -0.2) is 43.8 Å². The van der Waals surface area contributed by atoms with E-state index in [0.29, 0.717) is 12.3 Å². The summed E-state index contributed by atoms with van der Waals surface area (Å²) in [6, 6.07) is 0. The van der Waals surface area contributed by atoms with Gasteiger partial charge in [0.05, 0.1) is 6.54 Å². The van der Waals surface area contributed by atoms with Crippen LogP contribution in [0.5, 0.6) is 0 Å². The Kier molecular flexibility index (Phi) is 4.90. The quantitative estimate of drug-likeness (QED) is 0.842. The zero-order valence-electron chi connectivity index (χ0n) is 11.5. The molecule has 6 heteroatoms. The molecule has 1 saturated heterocycles. The summed E-state index contributed by atoms with van der Waals surface area (Å²) in [5.41, 5.74) is 0. The molecule has 19 heavy (non-hydrogen) atoms. The first-order valence-electron chi connectivity index (χ1n) is 7.00. The molecular formula is C13H22N4O2. The van der Waals surface area contributed by atoms with E-state index in [1.54, 1.807) is 6.33 Å². The van der Waals surface area contributed by atoms with Crippen LogP contribution in [0.1, 0.15) is 38.4 Å². The van der Waals surface area contributed by atoms with Crippen LogP contribution >= 0.6 is 0 Å². The highest BCUT2D eigenvalue weighted by molar-refractivity contribution is 5.67. The molecule has 0 radical (unpaired) electrons. The molecule has 1 fully saturated rings. The number of carboxylic acids is 1. The Labute approximate surface area is 113 Å². The Morgan fingerprint density at radius 3 is 2.84 bits per heavy atom. The summed E-state index contributed by atoms with van der Waals surface area (Å²) in [5, 5.41) is 13.0. The average molecular weight is 266 g/mol. The Morgan fingerprint density at radius 2 is 2.21 bits per heavy atom. The molecule has 1 aromatic heterocycles. The first-order valence-corrected chi connectivity index (χ1v) is 7.00. The SMILES string of the molecule is CCCn1ncnc1CN1CCC(CC(=O)O)CC1. The lowest BCUT2D eigenvalue weighted by molar-refractivity contribution is -0.138. The van der Waals surface area contributed by atoms with Crippen molar-refractivity contribution in [1.29, 1.82) is 0 Å². The van der Waals surface area contributed by atoms with Crippen molar-refractivity contribution in [3.63, 3.8) is 0 Å². The molecule has 106 valence electrons. The summed E-state index contributed by atoms with van der Waals surface area (Å²) in [4.78, 5) is 17.3. The Bertz CT molecular complexity index is 411. The molecule has 0 saturated carbocycles. The van der Waals surface area contributed by atoms with E-state index in [1.165, 1.54) is 0 Å². The fourth-order valence-electron chi connectivity index (χ4n) is 2.60. The van der Waals surface area contributed by atoms with Gasteiger partial charge in [-0.05, 0) is 38.3 Å². The summed E-state index contributed by atoms with van der Waals surface area (Å²) in [6.07, 6.45) is 4.90. The lowest BCUT2D eigenvalue weighted by Gasteiger charge is -2.30. The van der Waals surface area contributed by atoms with Crippen molar-refractivity contribution < 1.29 is 9.90 Å².